The van der Waals surface area contributed by atoms with Gasteiger partial charge >= 0.3 is 12.2 Å². The first kappa shape index (κ1) is 27.3. The summed E-state index contributed by atoms with van der Waals surface area (Å²) in [5, 5.41) is 2.94. The average molecular weight is 546 g/mol. The number of carbonyl (C=O) groups excluding carboxylic acids is 2. The predicted molar refractivity (Wildman–Crippen MR) is 149 cm³/mol. The summed E-state index contributed by atoms with van der Waals surface area (Å²) in [7, 11) is 3.25. The third kappa shape index (κ3) is 6.31. The molecule has 0 N–H and O–H groups in total. The summed E-state index contributed by atoms with van der Waals surface area (Å²) in [6.45, 7) is 2.29. The predicted octanol–water partition coefficient (Wildman–Crippen LogP) is 4.90. The molecular weight excluding hydrogens is 510 g/mol. The lowest BCUT2D eigenvalue weighted by molar-refractivity contribution is -0.0199. The molecule has 210 valence electrons. The van der Waals surface area contributed by atoms with Gasteiger partial charge in [0, 0.05) is 19.6 Å². The number of fused-ring (bicyclic) bond motifs is 2. The van der Waals surface area contributed by atoms with E-state index in [1.165, 1.54) is 10.0 Å². The Morgan fingerprint density at radius 2 is 1.23 bits per heavy atom. The van der Waals surface area contributed by atoms with Crippen LogP contribution in [-0.2, 0) is 29.1 Å². The molecule has 40 heavy (non-hydrogen) atoms. The highest BCUT2D eigenvalue weighted by Gasteiger charge is 2.50. The largest absolute Gasteiger partial charge is 0.493 e. The molecule has 9 nitrogen and oxygen atoms in total. The molecule has 0 radical (unpaired) electrons. The minimum Gasteiger partial charge on any atom is -0.493 e. The summed E-state index contributed by atoms with van der Waals surface area (Å²) < 4.78 is 22.1. The fourth-order valence-corrected chi connectivity index (χ4v) is 5.39. The molecule has 0 saturated carbocycles. The van der Waals surface area contributed by atoms with Crippen LogP contribution in [0.25, 0.3) is 0 Å². The number of benzene rings is 3. The molecule has 0 spiro atoms. The summed E-state index contributed by atoms with van der Waals surface area (Å²) in [4.78, 5) is 29.0. The number of hydrogen-bond acceptors (Lipinski definition) is 7. The normalized spacial score (nSPS) is 18.4. The lowest BCUT2D eigenvalue weighted by atomic mass is 10.0. The quantitative estimate of drug-likeness (QED) is 0.379. The van der Waals surface area contributed by atoms with Crippen molar-refractivity contribution < 1.29 is 28.5 Å². The smallest absolute Gasteiger partial charge is 0.429 e. The molecule has 5 rings (SSSR count). The lowest BCUT2D eigenvalue weighted by Crippen LogP contribution is -2.50. The van der Waals surface area contributed by atoms with Gasteiger partial charge in [0.1, 0.15) is 13.2 Å². The first-order valence-electron chi connectivity index (χ1n) is 13.5. The number of amides is 2. The highest BCUT2D eigenvalue weighted by Crippen LogP contribution is 2.33. The number of methoxy groups -OCH3 is 2. The second-order valence-corrected chi connectivity index (χ2v) is 10.0. The fourth-order valence-electron chi connectivity index (χ4n) is 5.39. The maximum atomic E-state index is 13.4. The van der Waals surface area contributed by atoms with Crippen molar-refractivity contribution in [2.45, 2.75) is 38.1 Å². The van der Waals surface area contributed by atoms with E-state index >= 15 is 0 Å². The second kappa shape index (κ2) is 12.7. The van der Waals surface area contributed by atoms with Crippen LogP contribution in [0, 0.1) is 0 Å². The van der Waals surface area contributed by atoms with Crippen molar-refractivity contribution in [1.82, 2.24) is 14.9 Å². The van der Waals surface area contributed by atoms with E-state index in [0.717, 1.165) is 29.7 Å². The molecule has 2 bridgehead atoms. The van der Waals surface area contributed by atoms with Crippen LogP contribution in [0.5, 0.6) is 11.5 Å². The van der Waals surface area contributed by atoms with Crippen LogP contribution in [-0.4, -0.2) is 73.0 Å². The average Bonchev–Trinajstić information content (AvgIpc) is 3.27. The first-order chi connectivity index (χ1) is 19.6. The third-order valence-corrected chi connectivity index (χ3v) is 7.35. The van der Waals surface area contributed by atoms with Gasteiger partial charge in [-0.25, -0.2) is 19.6 Å². The molecular formula is C31H35N3O6. The van der Waals surface area contributed by atoms with Gasteiger partial charge in [0.25, 0.3) is 0 Å². The molecule has 2 unspecified atom stereocenters. The van der Waals surface area contributed by atoms with Gasteiger partial charge in [0.15, 0.2) is 11.5 Å². The number of piperidine rings is 1. The Bertz CT molecular complexity index is 1220. The molecule has 9 heteroatoms. The molecule has 2 atom stereocenters. The van der Waals surface area contributed by atoms with Gasteiger partial charge in [-0.05, 0) is 41.7 Å². The summed E-state index contributed by atoms with van der Waals surface area (Å²) in [6.07, 6.45) is 0.370. The van der Waals surface area contributed by atoms with E-state index in [9.17, 15) is 9.59 Å². The van der Waals surface area contributed by atoms with E-state index in [4.69, 9.17) is 18.9 Å². The number of carbonyl (C=O) groups is 2. The van der Waals surface area contributed by atoms with Crippen LogP contribution in [0.15, 0.2) is 78.9 Å². The lowest BCUT2D eigenvalue weighted by Gasteiger charge is -2.30. The highest BCUT2D eigenvalue weighted by atomic mass is 16.6. The topological polar surface area (TPSA) is 80.8 Å². The van der Waals surface area contributed by atoms with E-state index in [-0.39, 0.29) is 25.3 Å². The molecule has 0 aromatic heterocycles. The Kier molecular flexibility index (Phi) is 8.71. The van der Waals surface area contributed by atoms with Crippen molar-refractivity contribution in [3.8, 4) is 11.5 Å². The molecule has 2 saturated heterocycles. The SMILES string of the molecule is COc1ccc(CCN2CC3CC(C2)N(C(=O)OCc2ccccc2)N3C(=O)OCc2ccccc2)cc1OC. The zero-order valence-electron chi connectivity index (χ0n) is 22.9. The Hall–Kier alpha value is -4.24. The highest BCUT2D eigenvalue weighted by molar-refractivity contribution is 5.76. The Labute approximate surface area is 234 Å². The second-order valence-electron chi connectivity index (χ2n) is 10.0. The van der Waals surface area contributed by atoms with Crippen molar-refractivity contribution >= 4 is 12.2 Å². The van der Waals surface area contributed by atoms with Gasteiger partial charge < -0.3 is 18.9 Å². The molecule has 3 aromatic carbocycles. The summed E-state index contributed by atoms with van der Waals surface area (Å²) in [6, 6.07) is 24.5. The first-order valence-corrected chi connectivity index (χ1v) is 13.5. The van der Waals surface area contributed by atoms with Gasteiger partial charge in [-0.2, -0.15) is 0 Å². The van der Waals surface area contributed by atoms with Gasteiger partial charge in [-0.1, -0.05) is 66.7 Å². The van der Waals surface area contributed by atoms with Crippen molar-refractivity contribution in [1.29, 1.82) is 0 Å². The molecule has 3 aromatic rings. The molecule has 0 aliphatic carbocycles. The van der Waals surface area contributed by atoms with Gasteiger partial charge in [0.2, 0.25) is 0 Å². The van der Waals surface area contributed by atoms with E-state index in [1.807, 2.05) is 78.9 Å². The van der Waals surface area contributed by atoms with Crippen LogP contribution >= 0.6 is 0 Å². The molecule has 2 heterocycles. The number of ether oxygens (including phenoxy) is 4. The third-order valence-electron chi connectivity index (χ3n) is 7.35. The number of likely N-dealkylation sites (tertiary alicyclic amines) is 1. The maximum Gasteiger partial charge on any atom is 0.429 e. The Morgan fingerprint density at radius 3 is 1.73 bits per heavy atom. The maximum absolute atomic E-state index is 13.4. The molecule has 2 amide bonds. The van der Waals surface area contributed by atoms with E-state index in [1.54, 1.807) is 14.2 Å². The van der Waals surface area contributed by atoms with Gasteiger partial charge in [-0.15, -0.1) is 0 Å². The standard InChI is InChI=1S/C31H35N3O6/c1-37-28-14-13-23(17-29(28)38-2)15-16-32-19-26-18-27(20-32)34(31(36)40-22-25-11-7-4-8-12-25)33(26)30(35)39-21-24-9-5-3-6-10-24/h3-14,17,26-27H,15-16,18-22H2,1-2H3. The molecule has 2 aliphatic rings. The monoisotopic (exact) mass is 545 g/mol. The minimum atomic E-state index is -0.547. The van der Waals surface area contributed by atoms with E-state index in [0.29, 0.717) is 31.0 Å². The van der Waals surface area contributed by atoms with Gasteiger partial charge in [0.05, 0.1) is 26.3 Å². The van der Waals surface area contributed by atoms with Crippen LogP contribution in [0.1, 0.15) is 23.1 Å². The van der Waals surface area contributed by atoms with Crippen molar-refractivity contribution in [3.05, 3.63) is 95.6 Å². The zero-order valence-corrected chi connectivity index (χ0v) is 22.9. The Balaban J connectivity index is 1.28. The minimum absolute atomic E-state index is 0.128. The number of rotatable bonds is 9. The number of hydrogen-bond donors (Lipinski definition) is 0. The van der Waals surface area contributed by atoms with Gasteiger partial charge in [-0.3, -0.25) is 4.90 Å². The summed E-state index contributed by atoms with van der Waals surface area (Å²) in [5.74, 6) is 1.38. The molecule has 2 aliphatic heterocycles. The van der Waals surface area contributed by atoms with Crippen LogP contribution in [0.2, 0.25) is 0 Å². The fraction of sp³-hybridized carbons (Fsp3) is 0.355. The van der Waals surface area contributed by atoms with Crippen molar-refractivity contribution in [2.75, 3.05) is 33.9 Å². The van der Waals surface area contributed by atoms with E-state index < -0.39 is 12.2 Å². The van der Waals surface area contributed by atoms with Crippen molar-refractivity contribution in [2.24, 2.45) is 0 Å². The number of hydrazine groups is 1. The zero-order chi connectivity index (χ0) is 27.9. The van der Waals surface area contributed by atoms with Crippen LogP contribution in [0.3, 0.4) is 0 Å². The van der Waals surface area contributed by atoms with Crippen LogP contribution in [0.4, 0.5) is 9.59 Å². The van der Waals surface area contributed by atoms with Crippen molar-refractivity contribution in [3.63, 3.8) is 0 Å². The van der Waals surface area contributed by atoms with Crippen LogP contribution < -0.4 is 9.47 Å². The Morgan fingerprint density at radius 1 is 0.700 bits per heavy atom. The summed E-state index contributed by atoms with van der Waals surface area (Å²) in [5.41, 5.74) is 2.88. The molecule has 2 fully saturated rings. The number of nitrogens with zero attached hydrogens (tertiary/aromatic N) is 3. The van der Waals surface area contributed by atoms with E-state index in [2.05, 4.69) is 4.90 Å². The summed E-state index contributed by atoms with van der Waals surface area (Å²) >= 11 is 0.